The molecule has 13 heteroatoms. The Balaban J connectivity index is 1.24. The molecule has 0 radical (unpaired) electrons. The Hall–Kier alpha value is -2.90. The SMILES string of the molecule is CN1CCN([C@H]2C[C@H](C(=O)Nc3cc(Nc4cc(-c5cc(Cl)ccc5F)nnc4SCCO)ccn3)C2)CC1CCF. The van der Waals surface area contributed by atoms with E-state index in [1.165, 1.54) is 30.0 Å². The molecule has 3 aromatic rings. The maximum atomic E-state index is 14.5. The molecule has 1 aliphatic heterocycles. The largest absolute Gasteiger partial charge is 0.396 e. The van der Waals surface area contributed by atoms with Crippen LogP contribution in [-0.4, -0.2) is 93.8 Å². The van der Waals surface area contributed by atoms with Gasteiger partial charge in [-0.2, -0.15) is 0 Å². The first-order valence-electron chi connectivity index (χ1n) is 14.0. The number of nitrogens with one attached hydrogen (secondary N) is 2. The van der Waals surface area contributed by atoms with Gasteiger partial charge in [-0.3, -0.25) is 14.1 Å². The van der Waals surface area contributed by atoms with Gasteiger partial charge in [0.1, 0.15) is 16.7 Å². The van der Waals surface area contributed by atoms with Crippen LogP contribution in [0.5, 0.6) is 0 Å². The summed E-state index contributed by atoms with van der Waals surface area (Å²) in [5.41, 5.74) is 1.71. The first kappa shape index (κ1) is 30.6. The summed E-state index contributed by atoms with van der Waals surface area (Å²) in [6.45, 7) is 2.31. The fraction of sp³-hybridized carbons (Fsp3) is 0.448. The smallest absolute Gasteiger partial charge is 0.228 e. The van der Waals surface area contributed by atoms with E-state index in [-0.39, 0.29) is 36.7 Å². The van der Waals surface area contributed by atoms with Crippen molar-refractivity contribution < 1.29 is 18.7 Å². The van der Waals surface area contributed by atoms with Crippen LogP contribution in [0.2, 0.25) is 5.02 Å². The van der Waals surface area contributed by atoms with Crippen LogP contribution in [0, 0.1) is 11.7 Å². The minimum atomic E-state index is -0.477. The molecule has 3 N–H and O–H groups in total. The molecule has 1 aromatic carbocycles. The third kappa shape index (κ3) is 7.35. The van der Waals surface area contributed by atoms with Crippen LogP contribution in [0.1, 0.15) is 19.3 Å². The fourth-order valence-electron chi connectivity index (χ4n) is 5.34. The van der Waals surface area contributed by atoms with E-state index in [0.717, 1.165) is 32.5 Å². The molecule has 2 aliphatic rings. The Morgan fingerprint density at radius 2 is 2.02 bits per heavy atom. The molecule has 1 unspecified atom stereocenters. The summed E-state index contributed by atoms with van der Waals surface area (Å²) in [4.78, 5) is 21.9. The summed E-state index contributed by atoms with van der Waals surface area (Å²) >= 11 is 7.39. The lowest BCUT2D eigenvalue weighted by Crippen LogP contribution is -2.58. The predicted octanol–water partition coefficient (Wildman–Crippen LogP) is 4.85. The van der Waals surface area contributed by atoms with Crippen LogP contribution in [0.4, 0.5) is 26.0 Å². The second kappa shape index (κ2) is 14.0. The molecule has 42 heavy (non-hydrogen) atoms. The molecule has 5 rings (SSSR count). The van der Waals surface area contributed by atoms with E-state index in [1.54, 1.807) is 24.4 Å². The molecule has 1 saturated heterocycles. The number of aliphatic hydroxyl groups excluding tert-OH is 1. The van der Waals surface area contributed by atoms with Gasteiger partial charge < -0.3 is 20.6 Å². The van der Waals surface area contributed by atoms with Gasteiger partial charge in [-0.05, 0) is 56.6 Å². The maximum Gasteiger partial charge on any atom is 0.228 e. The van der Waals surface area contributed by atoms with Crippen molar-refractivity contribution >= 4 is 46.5 Å². The number of benzene rings is 1. The van der Waals surface area contributed by atoms with Gasteiger partial charge in [0.2, 0.25) is 5.91 Å². The molecule has 2 aromatic heterocycles. The number of aliphatic hydroxyl groups is 1. The van der Waals surface area contributed by atoms with E-state index < -0.39 is 5.82 Å². The van der Waals surface area contributed by atoms with Crippen LogP contribution in [0.25, 0.3) is 11.3 Å². The number of aromatic nitrogens is 3. The topological polar surface area (TPSA) is 107 Å². The summed E-state index contributed by atoms with van der Waals surface area (Å²) < 4.78 is 27.5. The predicted molar refractivity (Wildman–Crippen MR) is 161 cm³/mol. The molecule has 2 fully saturated rings. The molecular weight excluding hydrogens is 584 g/mol. The number of likely N-dealkylation sites (N-methyl/N-ethyl adjacent to an activating group) is 1. The lowest BCUT2D eigenvalue weighted by Gasteiger charge is -2.48. The molecule has 0 bridgehead atoms. The van der Waals surface area contributed by atoms with Crippen molar-refractivity contribution in [1.29, 1.82) is 0 Å². The number of pyridine rings is 1. The van der Waals surface area contributed by atoms with Crippen LogP contribution >= 0.6 is 23.4 Å². The zero-order chi connectivity index (χ0) is 29.6. The fourth-order valence-corrected chi connectivity index (χ4v) is 6.16. The monoisotopic (exact) mass is 617 g/mol. The first-order chi connectivity index (χ1) is 20.3. The van der Waals surface area contributed by atoms with E-state index in [0.29, 0.717) is 51.2 Å². The van der Waals surface area contributed by atoms with Crippen LogP contribution < -0.4 is 10.6 Å². The minimum Gasteiger partial charge on any atom is -0.396 e. The molecule has 0 spiro atoms. The van der Waals surface area contributed by atoms with Gasteiger partial charge in [0.05, 0.1) is 24.7 Å². The molecule has 1 aliphatic carbocycles. The standard InChI is InChI=1S/C29H34ClF2N7O2S/c1-38-8-9-39(17-21(38)4-6-31)22-12-18(13-22)28(41)35-27-15-20(5-7-33-27)34-26-16-25(36-37-29(26)42-11-10-40)23-14-19(30)2-3-24(23)32/h2-3,5,7,14-16,18,21-22,40H,4,6,8-13,17H2,1H3,(H2,33,34,35,36,41)/t18-,21?,22-. The van der Waals surface area contributed by atoms with Gasteiger partial charge in [0.25, 0.3) is 0 Å². The van der Waals surface area contributed by atoms with Crippen molar-refractivity contribution in [2.45, 2.75) is 36.4 Å². The number of thioether (sulfide) groups is 1. The maximum absolute atomic E-state index is 14.5. The van der Waals surface area contributed by atoms with Gasteiger partial charge in [-0.1, -0.05) is 11.6 Å². The van der Waals surface area contributed by atoms with Gasteiger partial charge in [0, 0.05) is 71.9 Å². The normalized spacial score (nSPS) is 21.1. The Kier molecular flexibility index (Phi) is 10.2. The molecule has 1 amide bonds. The highest BCUT2D eigenvalue weighted by molar-refractivity contribution is 7.99. The number of alkyl halides is 1. The summed E-state index contributed by atoms with van der Waals surface area (Å²) in [7, 11) is 2.04. The molecule has 1 saturated carbocycles. The number of halogens is 3. The zero-order valence-corrected chi connectivity index (χ0v) is 24.8. The minimum absolute atomic E-state index is 0.0447. The summed E-state index contributed by atoms with van der Waals surface area (Å²) in [6, 6.07) is 9.92. The number of carbonyl (C=O) groups excluding carboxylic acids is 1. The van der Waals surface area contributed by atoms with Crippen LogP contribution in [0.15, 0.2) is 47.6 Å². The number of anilines is 3. The number of hydrogen-bond acceptors (Lipinski definition) is 9. The van der Waals surface area contributed by atoms with E-state index in [1.807, 2.05) is 7.05 Å². The average Bonchev–Trinajstić information content (AvgIpc) is 2.95. The van der Waals surface area contributed by atoms with E-state index in [4.69, 9.17) is 11.6 Å². The van der Waals surface area contributed by atoms with Crippen molar-refractivity contribution in [3.63, 3.8) is 0 Å². The van der Waals surface area contributed by atoms with Crippen molar-refractivity contribution in [2.24, 2.45) is 5.92 Å². The van der Waals surface area contributed by atoms with Crippen LogP contribution in [0.3, 0.4) is 0 Å². The highest BCUT2D eigenvalue weighted by atomic mass is 35.5. The van der Waals surface area contributed by atoms with Crippen molar-refractivity contribution in [3.05, 3.63) is 53.4 Å². The van der Waals surface area contributed by atoms with Gasteiger partial charge >= 0.3 is 0 Å². The number of piperazine rings is 1. The number of rotatable bonds is 11. The van der Waals surface area contributed by atoms with E-state index in [9.17, 15) is 18.7 Å². The molecule has 9 nitrogen and oxygen atoms in total. The highest BCUT2D eigenvalue weighted by Crippen LogP contribution is 2.35. The third-order valence-electron chi connectivity index (χ3n) is 7.84. The Bertz CT molecular complexity index is 1400. The van der Waals surface area contributed by atoms with Crippen LogP contribution in [-0.2, 0) is 4.79 Å². The van der Waals surface area contributed by atoms with E-state index in [2.05, 4.69) is 35.6 Å². The molecule has 3 heterocycles. The lowest BCUT2D eigenvalue weighted by molar-refractivity contribution is -0.125. The highest BCUT2D eigenvalue weighted by Gasteiger charge is 2.40. The summed E-state index contributed by atoms with van der Waals surface area (Å²) in [6.07, 6.45) is 3.67. The van der Waals surface area contributed by atoms with Gasteiger partial charge in [-0.25, -0.2) is 9.37 Å². The Morgan fingerprint density at radius 1 is 1.19 bits per heavy atom. The van der Waals surface area contributed by atoms with Crippen molar-refractivity contribution in [1.82, 2.24) is 25.0 Å². The van der Waals surface area contributed by atoms with E-state index >= 15 is 0 Å². The number of carbonyl (C=O) groups is 1. The Morgan fingerprint density at radius 3 is 2.81 bits per heavy atom. The summed E-state index contributed by atoms with van der Waals surface area (Å²) in [5, 5.41) is 24.8. The third-order valence-corrected chi connectivity index (χ3v) is 9.03. The zero-order valence-electron chi connectivity index (χ0n) is 23.3. The number of hydrogen-bond donors (Lipinski definition) is 3. The lowest BCUT2D eigenvalue weighted by atomic mass is 9.78. The second-order valence-corrected chi connectivity index (χ2v) is 12.1. The number of nitrogens with zero attached hydrogens (tertiary/aromatic N) is 5. The molecular formula is C29H34ClF2N7O2S. The van der Waals surface area contributed by atoms with Gasteiger partial charge in [0.15, 0.2) is 0 Å². The quantitative estimate of drug-likeness (QED) is 0.260. The summed E-state index contributed by atoms with van der Waals surface area (Å²) in [5.74, 6) is 0.153. The first-order valence-corrected chi connectivity index (χ1v) is 15.3. The Labute approximate surface area is 253 Å². The van der Waals surface area contributed by atoms with Crippen molar-refractivity contribution in [3.8, 4) is 11.3 Å². The van der Waals surface area contributed by atoms with Crippen molar-refractivity contribution in [2.75, 3.05) is 56.3 Å². The average molecular weight is 618 g/mol. The molecule has 224 valence electrons. The second-order valence-electron chi connectivity index (χ2n) is 10.6. The molecule has 1 atom stereocenters. The van der Waals surface area contributed by atoms with Gasteiger partial charge in [-0.15, -0.1) is 22.0 Å². The number of amides is 1.